The van der Waals surface area contributed by atoms with Crippen molar-refractivity contribution in [2.45, 2.75) is 5.16 Å². The molecule has 0 radical (unpaired) electrons. The van der Waals surface area contributed by atoms with Crippen LogP contribution < -0.4 is 14.8 Å². The number of nitrogens with one attached hydrogen (secondary N) is 1. The lowest BCUT2D eigenvalue weighted by atomic mass is 10.2. The van der Waals surface area contributed by atoms with Crippen molar-refractivity contribution in [1.82, 2.24) is 20.2 Å². The van der Waals surface area contributed by atoms with Gasteiger partial charge >= 0.3 is 0 Å². The lowest BCUT2D eigenvalue weighted by Gasteiger charge is -2.10. The number of non-ortho nitro benzene ring substituents is 1. The van der Waals surface area contributed by atoms with E-state index in [0.717, 1.165) is 11.8 Å². The lowest BCUT2D eigenvalue weighted by Crippen LogP contribution is -2.15. The summed E-state index contributed by atoms with van der Waals surface area (Å²) in [5.74, 6) is 0.610. The number of hydrogen-bond donors (Lipinski definition) is 1. The van der Waals surface area contributed by atoms with Crippen LogP contribution in [0.1, 0.15) is 0 Å². The number of rotatable bonds is 8. The van der Waals surface area contributed by atoms with Crippen LogP contribution in [0.2, 0.25) is 0 Å². The van der Waals surface area contributed by atoms with Gasteiger partial charge in [-0.1, -0.05) is 11.8 Å². The van der Waals surface area contributed by atoms with E-state index >= 15 is 0 Å². The van der Waals surface area contributed by atoms with Crippen molar-refractivity contribution in [1.29, 1.82) is 0 Å². The van der Waals surface area contributed by atoms with E-state index < -0.39 is 10.8 Å². The molecule has 11 nitrogen and oxygen atoms in total. The Morgan fingerprint density at radius 3 is 2.62 bits per heavy atom. The molecule has 3 aromatic rings. The largest absolute Gasteiger partial charge is 0.497 e. The monoisotopic (exact) mass is 416 g/mol. The molecular weight excluding hydrogens is 400 g/mol. The normalized spacial score (nSPS) is 10.4. The second-order valence-corrected chi connectivity index (χ2v) is 6.49. The minimum Gasteiger partial charge on any atom is -0.497 e. The van der Waals surface area contributed by atoms with Gasteiger partial charge in [-0.3, -0.25) is 14.9 Å². The van der Waals surface area contributed by atoms with Crippen molar-refractivity contribution in [3.63, 3.8) is 0 Å². The minimum atomic E-state index is -0.549. The third kappa shape index (κ3) is 4.79. The van der Waals surface area contributed by atoms with Crippen LogP contribution in [-0.2, 0) is 4.79 Å². The van der Waals surface area contributed by atoms with E-state index in [4.69, 9.17) is 9.47 Å². The molecule has 0 atom stereocenters. The first-order chi connectivity index (χ1) is 14.0. The van der Waals surface area contributed by atoms with Crippen molar-refractivity contribution in [3.8, 4) is 17.2 Å². The minimum absolute atomic E-state index is 0.0115. The molecule has 1 amide bonds. The molecule has 12 heteroatoms. The van der Waals surface area contributed by atoms with E-state index in [0.29, 0.717) is 22.3 Å². The molecule has 0 saturated carbocycles. The Labute approximate surface area is 169 Å². The van der Waals surface area contributed by atoms with Gasteiger partial charge in [0.2, 0.25) is 11.1 Å². The molecule has 2 aromatic carbocycles. The van der Waals surface area contributed by atoms with Gasteiger partial charge in [0.1, 0.15) is 11.5 Å². The maximum absolute atomic E-state index is 12.3. The number of hydrogen-bond acceptors (Lipinski definition) is 9. The topological polar surface area (TPSA) is 134 Å². The molecule has 0 spiro atoms. The zero-order chi connectivity index (χ0) is 20.8. The third-order valence-electron chi connectivity index (χ3n) is 3.76. The number of tetrazole rings is 1. The smallest absolute Gasteiger partial charge is 0.271 e. The number of nitro benzene ring substituents is 1. The Morgan fingerprint density at radius 1 is 1.21 bits per heavy atom. The average molecular weight is 416 g/mol. The lowest BCUT2D eigenvalue weighted by molar-refractivity contribution is -0.384. The summed E-state index contributed by atoms with van der Waals surface area (Å²) >= 11 is 1.12. The summed E-state index contributed by atoms with van der Waals surface area (Å²) in [5, 5.41) is 25.5. The Bertz CT molecular complexity index is 1020. The predicted molar refractivity (Wildman–Crippen MR) is 105 cm³/mol. The summed E-state index contributed by atoms with van der Waals surface area (Å²) in [6.45, 7) is 0. The van der Waals surface area contributed by atoms with Gasteiger partial charge in [0, 0.05) is 12.1 Å². The van der Waals surface area contributed by atoms with Crippen molar-refractivity contribution in [2.75, 3.05) is 25.3 Å². The fourth-order valence-electron chi connectivity index (χ4n) is 2.38. The highest BCUT2D eigenvalue weighted by Gasteiger charge is 2.16. The number of thioether (sulfide) groups is 1. The zero-order valence-electron chi connectivity index (χ0n) is 15.4. The number of anilines is 1. The molecular formula is C17H16N6O5S. The van der Waals surface area contributed by atoms with Crippen molar-refractivity contribution < 1.29 is 19.2 Å². The fourth-order valence-corrected chi connectivity index (χ4v) is 3.07. The first-order valence-corrected chi connectivity index (χ1v) is 9.18. The van der Waals surface area contributed by atoms with Gasteiger partial charge in [0.15, 0.2) is 0 Å². The number of nitro groups is 1. The van der Waals surface area contributed by atoms with Gasteiger partial charge in [-0.2, -0.15) is 4.68 Å². The van der Waals surface area contributed by atoms with Crippen LogP contribution in [0.5, 0.6) is 11.5 Å². The molecule has 0 aliphatic carbocycles. The van der Waals surface area contributed by atoms with Crippen LogP contribution in [0.15, 0.2) is 47.6 Å². The van der Waals surface area contributed by atoms with Crippen LogP contribution in [0.25, 0.3) is 5.69 Å². The molecule has 1 aromatic heterocycles. The summed E-state index contributed by atoms with van der Waals surface area (Å²) in [6, 6.07) is 11.1. The highest BCUT2D eigenvalue weighted by Crippen LogP contribution is 2.29. The number of nitrogens with zero attached hydrogens (tertiary/aromatic N) is 5. The first kappa shape index (κ1) is 20.1. The summed E-state index contributed by atoms with van der Waals surface area (Å²) in [4.78, 5) is 22.7. The Kier molecular flexibility index (Phi) is 6.24. The van der Waals surface area contributed by atoms with Crippen LogP contribution in [0.3, 0.4) is 0 Å². The second-order valence-electron chi connectivity index (χ2n) is 5.55. The standard InChI is InChI=1S/C17H16N6O5S/c1-27-13-6-3-11(4-7-13)22-17(19-20-21-22)29-10-16(24)18-14-9-12(23(25)26)5-8-15(14)28-2/h3-9H,10H2,1-2H3,(H,18,24). The van der Waals surface area contributed by atoms with Gasteiger partial charge < -0.3 is 14.8 Å². The highest BCUT2D eigenvalue weighted by molar-refractivity contribution is 7.99. The summed E-state index contributed by atoms with van der Waals surface area (Å²) in [6.07, 6.45) is 0. The number of methoxy groups -OCH3 is 2. The van der Waals surface area contributed by atoms with E-state index in [1.54, 1.807) is 31.4 Å². The van der Waals surface area contributed by atoms with Gasteiger partial charge in [-0.05, 0) is 40.8 Å². The first-order valence-electron chi connectivity index (χ1n) is 8.19. The molecule has 0 fully saturated rings. The third-order valence-corrected chi connectivity index (χ3v) is 4.68. The van der Waals surface area contributed by atoms with Crippen LogP contribution in [0, 0.1) is 10.1 Å². The maximum atomic E-state index is 12.3. The molecule has 150 valence electrons. The average Bonchev–Trinajstić information content (AvgIpc) is 3.21. The number of amides is 1. The molecule has 0 saturated heterocycles. The highest BCUT2D eigenvalue weighted by atomic mass is 32.2. The number of ether oxygens (including phenoxy) is 2. The summed E-state index contributed by atoms with van der Waals surface area (Å²) in [7, 11) is 2.98. The van der Waals surface area contributed by atoms with Crippen LogP contribution in [0.4, 0.5) is 11.4 Å². The molecule has 3 rings (SSSR count). The molecule has 1 N–H and O–H groups in total. The van der Waals surface area contributed by atoms with E-state index in [-0.39, 0.29) is 17.1 Å². The van der Waals surface area contributed by atoms with Crippen LogP contribution in [-0.4, -0.2) is 51.0 Å². The fraction of sp³-hybridized carbons (Fsp3) is 0.176. The number of carbonyl (C=O) groups excluding carboxylic acids is 1. The van der Waals surface area contributed by atoms with Crippen molar-refractivity contribution in [3.05, 3.63) is 52.6 Å². The van der Waals surface area contributed by atoms with Gasteiger partial charge in [-0.15, -0.1) is 5.10 Å². The quantitative estimate of drug-likeness (QED) is 0.333. The van der Waals surface area contributed by atoms with Crippen molar-refractivity contribution >= 4 is 29.0 Å². The van der Waals surface area contributed by atoms with E-state index in [9.17, 15) is 14.9 Å². The molecule has 29 heavy (non-hydrogen) atoms. The SMILES string of the molecule is COc1ccc(-n2nnnc2SCC(=O)Nc2cc([N+](=O)[O-])ccc2OC)cc1. The number of carbonyl (C=O) groups is 1. The van der Waals surface area contributed by atoms with E-state index in [1.165, 1.54) is 30.0 Å². The molecule has 0 bridgehead atoms. The van der Waals surface area contributed by atoms with E-state index in [1.807, 2.05) is 0 Å². The number of benzene rings is 2. The second kappa shape index (κ2) is 9.01. The molecule has 1 heterocycles. The molecule has 0 unspecified atom stereocenters. The zero-order valence-corrected chi connectivity index (χ0v) is 16.3. The van der Waals surface area contributed by atoms with E-state index in [2.05, 4.69) is 20.8 Å². The Balaban J connectivity index is 1.68. The predicted octanol–water partition coefficient (Wildman–Crippen LogP) is 2.32. The summed E-state index contributed by atoms with van der Waals surface area (Å²) < 4.78 is 11.8. The summed E-state index contributed by atoms with van der Waals surface area (Å²) in [5.41, 5.74) is 0.762. The van der Waals surface area contributed by atoms with Gasteiger partial charge in [0.05, 0.1) is 36.3 Å². The van der Waals surface area contributed by atoms with Crippen LogP contribution >= 0.6 is 11.8 Å². The molecule has 0 aliphatic heterocycles. The van der Waals surface area contributed by atoms with Gasteiger partial charge in [-0.25, -0.2) is 0 Å². The maximum Gasteiger partial charge on any atom is 0.271 e. The Morgan fingerprint density at radius 2 is 1.97 bits per heavy atom. The van der Waals surface area contributed by atoms with Gasteiger partial charge in [0.25, 0.3) is 5.69 Å². The molecule has 0 aliphatic rings. The number of aromatic nitrogens is 4. The van der Waals surface area contributed by atoms with Crippen molar-refractivity contribution in [2.24, 2.45) is 0 Å². The Hall–Kier alpha value is -3.67.